The summed E-state index contributed by atoms with van der Waals surface area (Å²) >= 11 is 0. The number of phenolic OH excluding ortho intramolecular Hbond substituents is 1. The minimum absolute atomic E-state index is 0.0600. The van der Waals surface area contributed by atoms with E-state index < -0.39 is 5.91 Å². The number of carbonyl (C=O) groups excluding carboxylic acids is 2. The van der Waals surface area contributed by atoms with Crippen LogP contribution in [0.3, 0.4) is 0 Å². The zero-order valence-electron chi connectivity index (χ0n) is 11.4. The number of aromatic hydroxyl groups is 1. The summed E-state index contributed by atoms with van der Waals surface area (Å²) in [5.74, 6) is -0.586. The number of hydrogen-bond donors (Lipinski definition) is 2. The van der Waals surface area contributed by atoms with Gasteiger partial charge in [0.25, 0.3) is 5.91 Å². The van der Waals surface area contributed by atoms with Gasteiger partial charge in [0.05, 0.1) is 19.2 Å². The minimum atomic E-state index is -0.492. The van der Waals surface area contributed by atoms with Crippen molar-refractivity contribution in [2.75, 3.05) is 26.7 Å². The SMILES string of the molecule is COc1cccc(C(=O)NCC(=O)N2CCCC2)c1O. The average Bonchev–Trinajstić information content (AvgIpc) is 2.99. The largest absolute Gasteiger partial charge is 0.504 e. The van der Waals surface area contributed by atoms with Crippen molar-refractivity contribution in [3.05, 3.63) is 23.8 Å². The third-order valence-electron chi connectivity index (χ3n) is 3.32. The number of amides is 2. The molecule has 0 radical (unpaired) electrons. The van der Waals surface area contributed by atoms with Crippen molar-refractivity contribution in [3.63, 3.8) is 0 Å². The maximum Gasteiger partial charge on any atom is 0.255 e. The zero-order valence-corrected chi connectivity index (χ0v) is 11.4. The lowest BCUT2D eigenvalue weighted by Crippen LogP contribution is -2.38. The lowest BCUT2D eigenvalue weighted by atomic mass is 10.1. The molecule has 1 aromatic carbocycles. The average molecular weight is 278 g/mol. The molecule has 0 bridgehead atoms. The van der Waals surface area contributed by atoms with Gasteiger partial charge in [-0.1, -0.05) is 6.07 Å². The van der Waals surface area contributed by atoms with Crippen LogP contribution in [0.1, 0.15) is 23.2 Å². The highest BCUT2D eigenvalue weighted by Gasteiger charge is 2.20. The molecule has 1 aliphatic rings. The number of likely N-dealkylation sites (tertiary alicyclic amines) is 1. The highest BCUT2D eigenvalue weighted by Crippen LogP contribution is 2.29. The van der Waals surface area contributed by atoms with Crippen LogP contribution in [0.4, 0.5) is 0 Å². The van der Waals surface area contributed by atoms with Crippen molar-refractivity contribution < 1.29 is 19.4 Å². The Morgan fingerprint density at radius 2 is 2.05 bits per heavy atom. The highest BCUT2D eigenvalue weighted by atomic mass is 16.5. The van der Waals surface area contributed by atoms with Crippen LogP contribution in [0.5, 0.6) is 11.5 Å². The lowest BCUT2D eigenvalue weighted by Gasteiger charge is -2.15. The number of benzene rings is 1. The molecule has 2 N–H and O–H groups in total. The van der Waals surface area contributed by atoms with Gasteiger partial charge in [-0.25, -0.2) is 0 Å². The summed E-state index contributed by atoms with van der Waals surface area (Å²) in [5, 5.41) is 12.4. The Balaban J connectivity index is 1.96. The number of rotatable bonds is 4. The first-order valence-corrected chi connectivity index (χ1v) is 6.55. The van der Waals surface area contributed by atoms with Crippen molar-refractivity contribution in [2.24, 2.45) is 0 Å². The number of methoxy groups -OCH3 is 1. The second-order valence-corrected chi connectivity index (χ2v) is 4.63. The Morgan fingerprint density at radius 3 is 2.70 bits per heavy atom. The quantitative estimate of drug-likeness (QED) is 0.852. The maximum atomic E-state index is 12.0. The van der Waals surface area contributed by atoms with Gasteiger partial charge in [0.1, 0.15) is 0 Å². The maximum absolute atomic E-state index is 12.0. The summed E-state index contributed by atoms with van der Waals surface area (Å²) in [7, 11) is 1.41. The number of nitrogens with zero attached hydrogens (tertiary/aromatic N) is 1. The Morgan fingerprint density at radius 1 is 1.35 bits per heavy atom. The van der Waals surface area contributed by atoms with E-state index >= 15 is 0 Å². The number of hydrogen-bond acceptors (Lipinski definition) is 4. The third kappa shape index (κ3) is 3.01. The second kappa shape index (κ2) is 6.27. The molecule has 0 aliphatic carbocycles. The Kier molecular flexibility index (Phi) is 4.45. The van der Waals surface area contributed by atoms with Gasteiger partial charge in [0, 0.05) is 13.1 Å². The van der Waals surface area contributed by atoms with Crippen LogP contribution in [0, 0.1) is 0 Å². The van der Waals surface area contributed by atoms with E-state index in [9.17, 15) is 14.7 Å². The van der Waals surface area contributed by atoms with Gasteiger partial charge in [-0.05, 0) is 25.0 Å². The summed E-state index contributed by atoms with van der Waals surface area (Å²) in [6.07, 6.45) is 2.02. The van der Waals surface area contributed by atoms with Gasteiger partial charge in [-0.15, -0.1) is 0 Å². The molecule has 1 heterocycles. The van der Waals surface area contributed by atoms with Crippen LogP contribution >= 0.6 is 0 Å². The van der Waals surface area contributed by atoms with E-state index in [0.29, 0.717) is 0 Å². The lowest BCUT2D eigenvalue weighted by molar-refractivity contribution is -0.129. The monoisotopic (exact) mass is 278 g/mol. The topological polar surface area (TPSA) is 78.9 Å². The molecule has 0 spiro atoms. The van der Waals surface area contributed by atoms with Crippen molar-refractivity contribution in [1.29, 1.82) is 0 Å². The first-order valence-electron chi connectivity index (χ1n) is 6.55. The smallest absolute Gasteiger partial charge is 0.255 e. The first kappa shape index (κ1) is 14.2. The highest BCUT2D eigenvalue weighted by molar-refractivity contribution is 5.99. The molecular formula is C14H18N2O4. The molecule has 0 aromatic heterocycles. The number of para-hydroxylation sites is 1. The van der Waals surface area contributed by atoms with Gasteiger partial charge in [0.15, 0.2) is 11.5 Å². The van der Waals surface area contributed by atoms with Gasteiger partial charge in [-0.3, -0.25) is 9.59 Å². The molecule has 0 saturated carbocycles. The van der Waals surface area contributed by atoms with E-state index in [4.69, 9.17) is 4.74 Å². The molecule has 0 atom stereocenters. The van der Waals surface area contributed by atoms with Gasteiger partial charge >= 0.3 is 0 Å². The van der Waals surface area contributed by atoms with E-state index in [1.165, 1.54) is 13.2 Å². The van der Waals surface area contributed by atoms with Crippen LogP contribution in [-0.4, -0.2) is 48.6 Å². The molecule has 1 aliphatic heterocycles. The summed E-state index contributed by atoms with van der Waals surface area (Å²) < 4.78 is 4.94. The molecular weight excluding hydrogens is 260 g/mol. The molecule has 6 nitrogen and oxygen atoms in total. The van der Waals surface area contributed by atoms with Gasteiger partial charge in [-0.2, -0.15) is 0 Å². The van der Waals surface area contributed by atoms with E-state index in [1.807, 2.05) is 0 Å². The number of carbonyl (C=O) groups is 2. The normalized spacial score (nSPS) is 14.2. The van der Waals surface area contributed by atoms with Crippen molar-refractivity contribution >= 4 is 11.8 Å². The standard InChI is InChI=1S/C14H18N2O4/c1-20-11-6-4-5-10(13(11)18)14(19)15-9-12(17)16-7-2-3-8-16/h4-6,18H,2-3,7-9H2,1H3,(H,15,19). The van der Waals surface area contributed by atoms with Crippen LogP contribution in [0.2, 0.25) is 0 Å². The van der Waals surface area contributed by atoms with Gasteiger partial charge in [0.2, 0.25) is 5.91 Å². The molecule has 108 valence electrons. The predicted molar refractivity (Wildman–Crippen MR) is 72.8 cm³/mol. The first-order chi connectivity index (χ1) is 9.63. The van der Waals surface area contributed by atoms with Crippen molar-refractivity contribution in [1.82, 2.24) is 10.2 Å². The molecule has 1 aromatic rings. The number of ether oxygens (including phenoxy) is 1. The molecule has 2 rings (SSSR count). The van der Waals surface area contributed by atoms with E-state index in [-0.39, 0.29) is 29.5 Å². The molecule has 6 heteroatoms. The molecule has 20 heavy (non-hydrogen) atoms. The Hall–Kier alpha value is -2.24. The summed E-state index contributed by atoms with van der Waals surface area (Å²) in [6, 6.07) is 4.64. The summed E-state index contributed by atoms with van der Waals surface area (Å²) in [4.78, 5) is 25.5. The van der Waals surface area contributed by atoms with Crippen molar-refractivity contribution in [3.8, 4) is 11.5 Å². The van der Waals surface area contributed by atoms with Crippen LogP contribution in [0.15, 0.2) is 18.2 Å². The molecule has 1 saturated heterocycles. The fourth-order valence-corrected chi connectivity index (χ4v) is 2.20. The van der Waals surface area contributed by atoms with Crippen LogP contribution in [-0.2, 0) is 4.79 Å². The predicted octanol–water partition coefficient (Wildman–Crippen LogP) is 0.753. The molecule has 1 fully saturated rings. The second-order valence-electron chi connectivity index (χ2n) is 4.63. The Bertz CT molecular complexity index is 510. The molecule has 0 unspecified atom stereocenters. The zero-order chi connectivity index (χ0) is 14.5. The fraction of sp³-hybridized carbons (Fsp3) is 0.429. The van der Waals surface area contributed by atoms with E-state index in [1.54, 1.807) is 17.0 Å². The summed E-state index contributed by atoms with van der Waals surface area (Å²) in [5.41, 5.74) is 0.0959. The Labute approximate surface area is 117 Å². The molecule has 2 amide bonds. The fourth-order valence-electron chi connectivity index (χ4n) is 2.20. The summed E-state index contributed by atoms with van der Waals surface area (Å²) in [6.45, 7) is 1.44. The van der Waals surface area contributed by atoms with Crippen LogP contribution in [0.25, 0.3) is 0 Å². The van der Waals surface area contributed by atoms with Crippen molar-refractivity contribution in [2.45, 2.75) is 12.8 Å². The van der Waals surface area contributed by atoms with Crippen LogP contribution < -0.4 is 10.1 Å². The van der Waals surface area contributed by atoms with E-state index in [0.717, 1.165) is 25.9 Å². The van der Waals surface area contributed by atoms with Gasteiger partial charge < -0.3 is 20.1 Å². The van der Waals surface area contributed by atoms with E-state index in [2.05, 4.69) is 5.32 Å². The minimum Gasteiger partial charge on any atom is -0.504 e. The third-order valence-corrected chi connectivity index (χ3v) is 3.32. The number of nitrogens with one attached hydrogen (secondary N) is 1. The number of phenols is 1.